The summed E-state index contributed by atoms with van der Waals surface area (Å²) in [4.78, 5) is 0. The first-order chi connectivity index (χ1) is 5.13. The average molecular weight is 176 g/mol. The van der Waals surface area contributed by atoms with Gasteiger partial charge in [0.05, 0.1) is 12.4 Å². The van der Waals surface area contributed by atoms with Crippen LogP contribution in [0, 0.1) is 0 Å². The Morgan fingerprint density at radius 3 is 2.82 bits per heavy atom. The van der Waals surface area contributed by atoms with Crippen molar-refractivity contribution in [3.8, 4) is 0 Å². The Morgan fingerprint density at radius 2 is 2.36 bits per heavy atom. The molecule has 1 unspecified atom stereocenters. The molecule has 0 spiro atoms. The van der Waals surface area contributed by atoms with Crippen LogP contribution in [0.25, 0.3) is 0 Å². The predicted molar refractivity (Wildman–Crippen MR) is 44.2 cm³/mol. The number of hydrazone groups is 1. The maximum Gasteiger partial charge on any atom is 0.281 e. The van der Waals surface area contributed by atoms with Gasteiger partial charge in [0.2, 0.25) is 0 Å². The van der Waals surface area contributed by atoms with Gasteiger partial charge in [-0.15, -0.1) is 0 Å². The lowest BCUT2D eigenvalue weighted by Crippen LogP contribution is -2.12. The van der Waals surface area contributed by atoms with Crippen molar-refractivity contribution < 1.29 is 8.76 Å². The van der Waals surface area contributed by atoms with Crippen molar-refractivity contribution in [1.29, 1.82) is 0 Å². The highest BCUT2D eigenvalue weighted by atomic mass is 32.2. The van der Waals surface area contributed by atoms with Crippen LogP contribution in [0.5, 0.6) is 0 Å². The van der Waals surface area contributed by atoms with Crippen molar-refractivity contribution in [3.05, 3.63) is 12.4 Å². The lowest BCUT2D eigenvalue weighted by atomic mass is 10.8. The molecular formula is C4H8N4O2S. The molecule has 0 aliphatic carbocycles. The highest BCUT2D eigenvalue weighted by molar-refractivity contribution is 7.78. The third-order valence-corrected chi connectivity index (χ3v) is 0.802. The maximum absolute atomic E-state index is 9.89. The van der Waals surface area contributed by atoms with Gasteiger partial charge in [-0.25, -0.2) is 4.21 Å². The van der Waals surface area contributed by atoms with E-state index in [0.29, 0.717) is 0 Å². The lowest BCUT2D eigenvalue weighted by Gasteiger charge is -1.91. The molecule has 0 heterocycles. The van der Waals surface area contributed by atoms with Gasteiger partial charge in [-0.2, -0.15) is 9.50 Å². The topological polar surface area (TPSA) is 100 Å². The molecule has 0 amide bonds. The third-order valence-electron chi connectivity index (χ3n) is 0.500. The van der Waals surface area contributed by atoms with E-state index in [4.69, 9.17) is 10.3 Å². The van der Waals surface area contributed by atoms with Crippen LogP contribution < -0.4 is 11.2 Å². The Morgan fingerprint density at radius 1 is 1.73 bits per heavy atom. The standard InChI is InChI=1S/C4H8N4O2S/c1-4(5)8-6-2-3-7-11(9)10/h2-3,8H,1,5H2,(H,9,10). The molecule has 0 saturated heterocycles. The molecular weight excluding hydrogens is 168 g/mol. The second-order valence-corrected chi connectivity index (χ2v) is 2.07. The Hall–Kier alpha value is -1.21. The van der Waals surface area contributed by atoms with E-state index in [0.717, 1.165) is 6.21 Å². The van der Waals surface area contributed by atoms with Crippen LogP contribution in [0.2, 0.25) is 0 Å². The number of hydrogen-bond acceptors (Lipinski definition) is 4. The average Bonchev–Trinajstić information content (AvgIpc) is 1.85. The Balaban J connectivity index is 3.60. The van der Waals surface area contributed by atoms with Crippen molar-refractivity contribution in [2.24, 2.45) is 15.2 Å². The molecule has 0 aromatic rings. The molecule has 0 rings (SSSR count). The molecule has 0 aromatic heterocycles. The summed E-state index contributed by atoms with van der Waals surface area (Å²) in [7, 11) is 0. The molecule has 0 radical (unpaired) electrons. The van der Waals surface area contributed by atoms with Gasteiger partial charge < -0.3 is 5.73 Å². The number of nitrogens with zero attached hydrogens (tertiary/aromatic N) is 2. The predicted octanol–water partition coefficient (Wildman–Crippen LogP) is -0.801. The number of nitrogens with two attached hydrogens (primary N) is 1. The minimum atomic E-state index is -2.18. The van der Waals surface area contributed by atoms with E-state index in [1.54, 1.807) is 0 Å². The first-order valence-electron chi connectivity index (χ1n) is 2.50. The van der Waals surface area contributed by atoms with Crippen LogP contribution in [0.4, 0.5) is 0 Å². The van der Waals surface area contributed by atoms with Gasteiger partial charge in [-0.1, -0.05) is 6.58 Å². The minimum Gasteiger partial charge on any atom is -0.385 e. The second-order valence-electron chi connectivity index (χ2n) is 1.40. The van der Waals surface area contributed by atoms with E-state index >= 15 is 0 Å². The quantitative estimate of drug-likeness (QED) is 0.296. The fourth-order valence-corrected chi connectivity index (χ4v) is 0.391. The van der Waals surface area contributed by atoms with Crippen molar-refractivity contribution in [3.63, 3.8) is 0 Å². The molecule has 11 heavy (non-hydrogen) atoms. The Kier molecular flexibility index (Phi) is 4.95. The summed E-state index contributed by atoms with van der Waals surface area (Å²) < 4.78 is 21.1. The monoisotopic (exact) mass is 176 g/mol. The van der Waals surface area contributed by atoms with Crippen molar-refractivity contribution in [2.45, 2.75) is 0 Å². The fourth-order valence-electron chi connectivity index (χ4n) is 0.233. The van der Waals surface area contributed by atoms with Crippen molar-refractivity contribution in [1.82, 2.24) is 5.43 Å². The van der Waals surface area contributed by atoms with Gasteiger partial charge in [-0.05, 0) is 0 Å². The molecule has 0 aromatic carbocycles. The molecule has 4 N–H and O–H groups in total. The lowest BCUT2D eigenvalue weighted by molar-refractivity contribution is 0.567. The molecule has 7 heteroatoms. The Bertz CT molecular complexity index is 212. The first kappa shape index (κ1) is 9.79. The van der Waals surface area contributed by atoms with E-state index in [-0.39, 0.29) is 5.82 Å². The van der Waals surface area contributed by atoms with Gasteiger partial charge in [0, 0.05) is 0 Å². The van der Waals surface area contributed by atoms with E-state index < -0.39 is 11.3 Å². The zero-order valence-corrected chi connectivity index (χ0v) is 6.41. The van der Waals surface area contributed by atoms with E-state index in [1.165, 1.54) is 6.21 Å². The first-order valence-corrected chi connectivity index (χ1v) is 3.56. The van der Waals surface area contributed by atoms with Gasteiger partial charge in [-0.3, -0.25) is 9.98 Å². The Labute approximate surface area is 66.3 Å². The SMILES string of the molecule is C=C(N)NN=CC=NS(=O)O. The van der Waals surface area contributed by atoms with Crippen LogP contribution in [-0.2, 0) is 11.3 Å². The van der Waals surface area contributed by atoms with Gasteiger partial charge in [0.15, 0.2) is 0 Å². The van der Waals surface area contributed by atoms with Crippen molar-refractivity contribution in [2.75, 3.05) is 0 Å². The molecule has 0 aliphatic heterocycles. The van der Waals surface area contributed by atoms with Crippen molar-refractivity contribution >= 4 is 23.7 Å². The van der Waals surface area contributed by atoms with E-state index in [2.05, 4.69) is 21.5 Å². The molecule has 0 saturated carbocycles. The summed E-state index contributed by atoms with van der Waals surface area (Å²) in [6.45, 7) is 3.29. The molecule has 0 bridgehead atoms. The normalized spacial score (nSPS) is 13.9. The van der Waals surface area contributed by atoms with Crippen LogP contribution in [0.3, 0.4) is 0 Å². The summed E-state index contributed by atoms with van der Waals surface area (Å²) in [6.07, 6.45) is 2.23. The zero-order chi connectivity index (χ0) is 8.69. The summed E-state index contributed by atoms with van der Waals surface area (Å²) in [5, 5.41) is 3.45. The smallest absolute Gasteiger partial charge is 0.281 e. The number of nitrogens with one attached hydrogen (secondary N) is 1. The summed E-state index contributed by atoms with van der Waals surface area (Å²) in [5.41, 5.74) is 7.36. The number of hydrogen-bond donors (Lipinski definition) is 3. The van der Waals surface area contributed by atoms with E-state index in [1.807, 2.05) is 0 Å². The second kappa shape index (κ2) is 5.57. The van der Waals surface area contributed by atoms with Gasteiger partial charge in [0.25, 0.3) is 11.3 Å². The van der Waals surface area contributed by atoms with Crippen LogP contribution in [0.15, 0.2) is 21.9 Å². The minimum absolute atomic E-state index is 0.180. The zero-order valence-electron chi connectivity index (χ0n) is 5.60. The summed E-state index contributed by atoms with van der Waals surface area (Å²) in [5.74, 6) is 0.180. The van der Waals surface area contributed by atoms with Gasteiger partial charge in [0.1, 0.15) is 5.82 Å². The molecule has 0 fully saturated rings. The third kappa shape index (κ3) is 8.79. The fraction of sp³-hybridized carbons (Fsp3) is 0. The van der Waals surface area contributed by atoms with Crippen LogP contribution in [0.1, 0.15) is 0 Å². The summed E-state index contributed by atoms with van der Waals surface area (Å²) in [6, 6.07) is 0. The molecule has 1 atom stereocenters. The van der Waals surface area contributed by atoms with Crippen LogP contribution >= 0.6 is 0 Å². The molecule has 6 nitrogen and oxygen atoms in total. The van der Waals surface area contributed by atoms with Gasteiger partial charge >= 0.3 is 0 Å². The molecule has 0 aliphatic rings. The number of rotatable bonds is 4. The summed E-state index contributed by atoms with van der Waals surface area (Å²) >= 11 is -2.18. The maximum atomic E-state index is 9.89. The largest absolute Gasteiger partial charge is 0.385 e. The molecule has 62 valence electrons. The highest BCUT2D eigenvalue weighted by Gasteiger charge is 1.78. The highest BCUT2D eigenvalue weighted by Crippen LogP contribution is 1.69. The van der Waals surface area contributed by atoms with Crippen LogP contribution in [-0.4, -0.2) is 21.2 Å². The van der Waals surface area contributed by atoms with E-state index in [9.17, 15) is 4.21 Å².